The number of fused-ring (bicyclic) bond motifs is 6. The number of ether oxygens (including phenoxy) is 1. The van der Waals surface area contributed by atoms with Gasteiger partial charge < -0.3 is 25.9 Å². The quantitative estimate of drug-likeness (QED) is 0.544. The lowest BCUT2D eigenvalue weighted by molar-refractivity contribution is -0.122. The number of anilines is 1. The van der Waals surface area contributed by atoms with Crippen molar-refractivity contribution in [3.8, 4) is 5.75 Å². The third-order valence-corrected chi connectivity index (χ3v) is 5.14. The molecule has 138 valence electrons. The molecule has 8 heteroatoms. The van der Waals surface area contributed by atoms with E-state index in [1.807, 2.05) is 0 Å². The zero-order valence-corrected chi connectivity index (χ0v) is 14.3. The smallest absolute Gasteiger partial charge is 0.345 e. The summed E-state index contributed by atoms with van der Waals surface area (Å²) in [5.41, 5.74) is 9.63. The van der Waals surface area contributed by atoms with Gasteiger partial charge in [-0.2, -0.15) is 0 Å². The van der Waals surface area contributed by atoms with Gasteiger partial charge in [0.05, 0.1) is 5.39 Å². The van der Waals surface area contributed by atoms with E-state index in [2.05, 4.69) is 5.32 Å². The van der Waals surface area contributed by atoms with Crippen molar-refractivity contribution in [2.45, 2.75) is 5.41 Å². The van der Waals surface area contributed by atoms with Crippen molar-refractivity contribution >= 4 is 28.5 Å². The van der Waals surface area contributed by atoms with Crippen molar-refractivity contribution in [3.05, 3.63) is 81.5 Å². The molecule has 0 fully saturated rings. The van der Waals surface area contributed by atoms with Crippen LogP contribution in [0.1, 0.15) is 11.1 Å². The highest BCUT2D eigenvalue weighted by molar-refractivity contribution is 6.18. The fourth-order valence-electron chi connectivity index (χ4n) is 4.08. The predicted molar refractivity (Wildman–Crippen MR) is 99.4 cm³/mol. The molecule has 2 aliphatic heterocycles. The molecule has 8 nitrogen and oxygen atoms in total. The van der Waals surface area contributed by atoms with E-state index in [1.165, 1.54) is 0 Å². The van der Waals surface area contributed by atoms with Crippen LogP contribution in [0.4, 0.5) is 5.69 Å². The number of carbonyl (C=O) groups excluding carboxylic acids is 2. The van der Waals surface area contributed by atoms with Gasteiger partial charge in [-0.3, -0.25) is 9.59 Å². The number of hydrogen-bond acceptors (Lipinski definition) is 6. The number of amides is 2. The van der Waals surface area contributed by atoms with Gasteiger partial charge in [-0.05, 0) is 18.2 Å². The van der Waals surface area contributed by atoms with Gasteiger partial charge in [-0.15, -0.1) is 0 Å². The van der Waals surface area contributed by atoms with Crippen LogP contribution in [0.2, 0.25) is 0 Å². The van der Waals surface area contributed by atoms with E-state index >= 15 is 0 Å². The topological polar surface area (TPSA) is 138 Å². The summed E-state index contributed by atoms with van der Waals surface area (Å²) < 4.78 is 11.1. The number of para-hydroxylation sites is 2. The fraction of sp³-hybridized carbons (Fsp3) is 0.0500. The van der Waals surface area contributed by atoms with Crippen LogP contribution in [0, 0.1) is 0 Å². The molecule has 1 unspecified atom stereocenters. The minimum atomic E-state index is -1.86. The van der Waals surface area contributed by atoms with Gasteiger partial charge in [0.2, 0.25) is 11.8 Å². The van der Waals surface area contributed by atoms with Gasteiger partial charge in [-0.1, -0.05) is 30.3 Å². The molecule has 3 heterocycles. The van der Waals surface area contributed by atoms with E-state index in [4.69, 9.17) is 20.6 Å². The Labute approximate surface area is 157 Å². The van der Waals surface area contributed by atoms with Crippen LogP contribution in [-0.4, -0.2) is 11.8 Å². The van der Waals surface area contributed by atoms with Crippen molar-refractivity contribution in [1.29, 1.82) is 0 Å². The highest BCUT2D eigenvalue weighted by Gasteiger charge is 2.59. The van der Waals surface area contributed by atoms with Crippen LogP contribution >= 0.6 is 0 Å². The normalized spacial score (nSPS) is 19.9. The molecule has 2 aromatic carbocycles. The molecule has 0 saturated heterocycles. The standard InChI is InChI=1S/C20H13N3O5/c21-16(24)14-17(22)28-15-9-5-1-4-8-12(9)27-18(25)13(15)20(14)10-6-2-3-7-11(10)23-19(20)26/h1-8H,22H2,(H2,21,24)(H,23,26). The van der Waals surface area contributed by atoms with Crippen LogP contribution in [0.5, 0.6) is 5.75 Å². The Morgan fingerprint density at radius 1 is 1.04 bits per heavy atom. The number of rotatable bonds is 1. The largest absolute Gasteiger partial charge is 0.440 e. The molecule has 0 saturated carbocycles. The first-order valence-electron chi connectivity index (χ1n) is 8.41. The molecule has 1 atom stereocenters. The second-order valence-corrected chi connectivity index (χ2v) is 6.55. The lowest BCUT2D eigenvalue weighted by atomic mass is 9.68. The van der Waals surface area contributed by atoms with Gasteiger partial charge >= 0.3 is 5.63 Å². The summed E-state index contributed by atoms with van der Waals surface area (Å²) in [7, 11) is 0. The van der Waals surface area contributed by atoms with Crippen molar-refractivity contribution < 1.29 is 18.7 Å². The van der Waals surface area contributed by atoms with E-state index in [9.17, 15) is 14.4 Å². The monoisotopic (exact) mass is 375 g/mol. The summed E-state index contributed by atoms with van der Waals surface area (Å²) in [6, 6.07) is 13.4. The molecule has 1 aromatic heterocycles. The van der Waals surface area contributed by atoms with Gasteiger partial charge in [0.25, 0.3) is 5.91 Å². The second-order valence-electron chi connectivity index (χ2n) is 6.55. The number of nitrogens with two attached hydrogens (primary N) is 2. The number of benzene rings is 2. The fourth-order valence-corrected chi connectivity index (χ4v) is 4.08. The van der Waals surface area contributed by atoms with Crippen molar-refractivity contribution in [1.82, 2.24) is 0 Å². The molecule has 3 aromatic rings. The number of hydrogen-bond donors (Lipinski definition) is 3. The van der Waals surface area contributed by atoms with E-state index in [0.717, 1.165) is 0 Å². The van der Waals surface area contributed by atoms with Crippen molar-refractivity contribution in [3.63, 3.8) is 0 Å². The molecular weight excluding hydrogens is 362 g/mol. The molecule has 2 amide bonds. The molecule has 0 bridgehead atoms. The van der Waals surface area contributed by atoms with E-state index in [-0.39, 0.29) is 28.4 Å². The van der Waals surface area contributed by atoms with Crippen LogP contribution in [0.25, 0.3) is 11.0 Å². The molecule has 28 heavy (non-hydrogen) atoms. The number of nitrogens with one attached hydrogen (secondary N) is 1. The third-order valence-electron chi connectivity index (χ3n) is 5.14. The zero-order valence-electron chi connectivity index (χ0n) is 14.3. The first-order valence-corrected chi connectivity index (χ1v) is 8.41. The predicted octanol–water partition coefficient (Wildman–Crippen LogP) is 1.08. The first kappa shape index (κ1) is 16.1. The highest BCUT2D eigenvalue weighted by atomic mass is 16.5. The summed E-state index contributed by atoms with van der Waals surface area (Å²) in [5.74, 6) is -1.86. The van der Waals surface area contributed by atoms with Gasteiger partial charge in [0.1, 0.15) is 22.1 Å². The second kappa shape index (κ2) is 5.23. The van der Waals surface area contributed by atoms with Crippen molar-refractivity contribution in [2.75, 3.05) is 5.32 Å². The summed E-state index contributed by atoms with van der Waals surface area (Å²) in [5, 5.41) is 3.15. The summed E-state index contributed by atoms with van der Waals surface area (Å²) in [6.07, 6.45) is 0. The Balaban J connectivity index is 2.03. The van der Waals surface area contributed by atoms with E-state index < -0.39 is 22.9 Å². The third kappa shape index (κ3) is 1.76. The average Bonchev–Trinajstić information content (AvgIpc) is 2.94. The summed E-state index contributed by atoms with van der Waals surface area (Å²) >= 11 is 0. The average molecular weight is 375 g/mol. The minimum Gasteiger partial charge on any atom is -0.440 e. The minimum absolute atomic E-state index is 0.0706. The van der Waals surface area contributed by atoms with Crippen molar-refractivity contribution in [2.24, 2.45) is 11.5 Å². The zero-order chi connectivity index (χ0) is 19.6. The molecule has 2 aliphatic rings. The number of carbonyl (C=O) groups is 2. The molecule has 0 aliphatic carbocycles. The molecule has 5 rings (SSSR count). The number of primary amides is 1. The summed E-state index contributed by atoms with van der Waals surface area (Å²) in [4.78, 5) is 38.7. The maximum absolute atomic E-state index is 13.3. The van der Waals surface area contributed by atoms with Gasteiger partial charge in [0.15, 0.2) is 5.75 Å². The SMILES string of the molecule is NC(=O)C1=C(N)Oc2c(c(=O)oc3ccccc23)C12C(=O)Nc1ccccc12. The molecule has 1 spiro atoms. The summed E-state index contributed by atoms with van der Waals surface area (Å²) in [6.45, 7) is 0. The van der Waals surface area contributed by atoms with Crippen LogP contribution in [0.15, 0.2) is 69.2 Å². The Bertz CT molecular complexity index is 1310. The molecule has 0 radical (unpaired) electrons. The Morgan fingerprint density at radius 2 is 1.75 bits per heavy atom. The maximum atomic E-state index is 13.3. The van der Waals surface area contributed by atoms with Gasteiger partial charge in [0, 0.05) is 11.3 Å². The first-order chi connectivity index (χ1) is 13.5. The maximum Gasteiger partial charge on any atom is 0.345 e. The molecule has 5 N–H and O–H groups in total. The Hall–Kier alpha value is -4.07. The van der Waals surface area contributed by atoms with E-state index in [0.29, 0.717) is 16.6 Å². The Kier molecular flexibility index (Phi) is 3.01. The molecular formula is C20H13N3O5. The van der Waals surface area contributed by atoms with Crippen LogP contribution in [0.3, 0.4) is 0 Å². The van der Waals surface area contributed by atoms with Crippen LogP contribution in [-0.2, 0) is 15.0 Å². The lowest BCUT2D eigenvalue weighted by Crippen LogP contribution is -2.49. The Morgan fingerprint density at radius 3 is 2.54 bits per heavy atom. The van der Waals surface area contributed by atoms with Gasteiger partial charge in [-0.25, -0.2) is 4.79 Å². The lowest BCUT2D eigenvalue weighted by Gasteiger charge is -2.34. The van der Waals surface area contributed by atoms with E-state index in [1.54, 1.807) is 48.5 Å². The van der Waals surface area contributed by atoms with Crippen LogP contribution < -0.4 is 27.1 Å². The highest BCUT2D eigenvalue weighted by Crippen LogP contribution is 2.53.